The molecular weight excluding hydrogens is 312 g/mol. The number of carboxylic acid groups (broad SMARTS) is 1. The van der Waals surface area contributed by atoms with Gasteiger partial charge < -0.3 is 15.6 Å². The number of hydrogen-bond acceptors (Lipinski definition) is 4. The average Bonchev–Trinajstić information content (AvgIpc) is 2.36. The van der Waals surface area contributed by atoms with Gasteiger partial charge in [-0.3, -0.25) is 4.98 Å². The molecule has 0 saturated carbocycles. The van der Waals surface area contributed by atoms with E-state index in [0.29, 0.717) is 12.4 Å². The summed E-state index contributed by atoms with van der Waals surface area (Å²) in [5.41, 5.74) is 6.78. The SMILES string of the molecule is Nc1cc(OCc2cncc(Br)c2)ccc1C(=O)O. The van der Waals surface area contributed by atoms with Gasteiger partial charge in [0.25, 0.3) is 0 Å². The molecule has 2 rings (SSSR count). The van der Waals surface area contributed by atoms with Gasteiger partial charge in [-0.25, -0.2) is 4.79 Å². The maximum atomic E-state index is 10.8. The quantitative estimate of drug-likeness (QED) is 0.845. The minimum atomic E-state index is -1.06. The first-order valence-corrected chi connectivity index (χ1v) is 6.20. The van der Waals surface area contributed by atoms with Gasteiger partial charge in [-0.1, -0.05) is 0 Å². The Morgan fingerprint density at radius 3 is 2.79 bits per heavy atom. The summed E-state index contributed by atoms with van der Waals surface area (Å²) in [5.74, 6) is -0.539. The van der Waals surface area contributed by atoms with Crippen LogP contribution in [0.5, 0.6) is 5.75 Å². The molecule has 0 spiro atoms. The molecule has 19 heavy (non-hydrogen) atoms. The number of hydrogen-bond donors (Lipinski definition) is 2. The van der Waals surface area contributed by atoms with Crippen LogP contribution in [0, 0.1) is 0 Å². The summed E-state index contributed by atoms with van der Waals surface area (Å²) in [6.45, 7) is 0.332. The van der Waals surface area contributed by atoms with Crippen LogP contribution < -0.4 is 10.5 Å². The molecule has 0 atom stereocenters. The lowest BCUT2D eigenvalue weighted by Crippen LogP contribution is -2.03. The summed E-state index contributed by atoms with van der Waals surface area (Å²) >= 11 is 3.32. The minimum Gasteiger partial charge on any atom is -0.489 e. The van der Waals surface area contributed by atoms with E-state index in [2.05, 4.69) is 20.9 Å². The number of benzene rings is 1. The molecule has 6 heteroatoms. The second kappa shape index (κ2) is 5.71. The largest absolute Gasteiger partial charge is 0.489 e. The van der Waals surface area contributed by atoms with Crippen molar-refractivity contribution in [3.63, 3.8) is 0 Å². The number of pyridine rings is 1. The van der Waals surface area contributed by atoms with Crippen LogP contribution in [-0.4, -0.2) is 16.1 Å². The molecule has 1 aromatic heterocycles. The monoisotopic (exact) mass is 322 g/mol. The van der Waals surface area contributed by atoms with E-state index in [0.717, 1.165) is 10.0 Å². The van der Waals surface area contributed by atoms with Crippen LogP contribution >= 0.6 is 15.9 Å². The number of carboxylic acids is 1. The van der Waals surface area contributed by atoms with Gasteiger partial charge in [0.1, 0.15) is 12.4 Å². The lowest BCUT2D eigenvalue weighted by atomic mass is 10.2. The molecule has 0 aliphatic carbocycles. The van der Waals surface area contributed by atoms with Crippen LogP contribution in [0.1, 0.15) is 15.9 Å². The van der Waals surface area contributed by atoms with Crippen molar-refractivity contribution < 1.29 is 14.6 Å². The van der Waals surface area contributed by atoms with Crippen molar-refractivity contribution in [1.29, 1.82) is 0 Å². The van der Waals surface area contributed by atoms with Gasteiger partial charge in [-0.05, 0) is 34.1 Å². The van der Waals surface area contributed by atoms with Crippen LogP contribution in [0.3, 0.4) is 0 Å². The molecular formula is C13H11BrN2O3. The molecule has 5 nitrogen and oxygen atoms in total. The molecule has 1 heterocycles. The van der Waals surface area contributed by atoms with E-state index in [9.17, 15) is 4.79 Å². The fourth-order valence-corrected chi connectivity index (χ4v) is 1.94. The smallest absolute Gasteiger partial charge is 0.337 e. The number of carbonyl (C=O) groups is 1. The number of ether oxygens (including phenoxy) is 1. The molecule has 0 fully saturated rings. The van der Waals surface area contributed by atoms with Gasteiger partial charge in [0, 0.05) is 34.2 Å². The third-order valence-corrected chi connectivity index (χ3v) is 2.85. The predicted octanol–water partition coefficient (Wildman–Crippen LogP) is 2.70. The molecule has 0 unspecified atom stereocenters. The molecule has 3 N–H and O–H groups in total. The fourth-order valence-electron chi connectivity index (χ4n) is 1.53. The van der Waals surface area contributed by atoms with Crippen molar-refractivity contribution in [2.75, 3.05) is 5.73 Å². The second-order valence-electron chi connectivity index (χ2n) is 3.85. The summed E-state index contributed by atoms with van der Waals surface area (Å²) in [5, 5.41) is 8.86. The lowest BCUT2D eigenvalue weighted by Gasteiger charge is -2.08. The number of anilines is 1. The summed E-state index contributed by atoms with van der Waals surface area (Å²) < 4.78 is 6.40. The van der Waals surface area contributed by atoms with E-state index in [1.54, 1.807) is 18.5 Å². The molecule has 2 aromatic rings. The first-order valence-electron chi connectivity index (χ1n) is 5.41. The van der Waals surface area contributed by atoms with E-state index < -0.39 is 5.97 Å². The number of nitrogen functional groups attached to an aromatic ring is 1. The Kier molecular flexibility index (Phi) is 4.01. The van der Waals surface area contributed by atoms with Gasteiger partial charge in [0.05, 0.1) is 5.56 Å². The Morgan fingerprint density at radius 2 is 2.16 bits per heavy atom. The fraction of sp³-hybridized carbons (Fsp3) is 0.0769. The summed E-state index contributed by atoms with van der Waals surface area (Å²) in [7, 11) is 0. The van der Waals surface area contributed by atoms with E-state index in [1.807, 2.05) is 6.07 Å². The zero-order valence-electron chi connectivity index (χ0n) is 9.84. The third kappa shape index (κ3) is 3.45. The highest BCUT2D eigenvalue weighted by atomic mass is 79.9. The van der Waals surface area contributed by atoms with Crippen molar-refractivity contribution in [2.45, 2.75) is 6.61 Å². The van der Waals surface area contributed by atoms with Gasteiger partial charge in [-0.15, -0.1) is 0 Å². The van der Waals surface area contributed by atoms with Crippen LogP contribution in [0.4, 0.5) is 5.69 Å². The Hall–Kier alpha value is -2.08. The number of halogens is 1. The van der Waals surface area contributed by atoms with Crippen LogP contribution in [0.2, 0.25) is 0 Å². The van der Waals surface area contributed by atoms with Gasteiger partial charge >= 0.3 is 5.97 Å². The topological polar surface area (TPSA) is 85.4 Å². The summed E-state index contributed by atoms with van der Waals surface area (Å²) in [6, 6.07) is 6.38. The molecule has 1 aromatic carbocycles. The van der Waals surface area contributed by atoms with Crippen LogP contribution in [0.15, 0.2) is 41.1 Å². The molecule has 0 aliphatic heterocycles. The maximum Gasteiger partial charge on any atom is 0.337 e. The van der Waals surface area contributed by atoms with Crippen molar-refractivity contribution in [3.05, 3.63) is 52.3 Å². The number of nitrogens with two attached hydrogens (primary N) is 1. The Bertz CT molecular complexity index is 617. The Morgan fingerprint density at radius 1 is 1.37 bits per heavy atom. The number of aromatic nitrogens is 1. The van der Waals surface area contributed by atoms with Gasteiger partial charge in [0.15, 0.2) is 0 Å². The normalized spacial score (nSPS) is 10.2. The molecule has 0 aliphatic rings. The highest BCUT2D eigenvalue weighted by molar-refractivity contribution is 9.10. The number of aromatic carboxylic acids is 1. The lowest BCUT2D eigenvalue weighted by molar-refractivity contribution is 0.0698. The first kappa shape index (κ1) is 13.4. The van der Waals surface area contributed by atoms with Crippen molar-refractivity contribution in [2.24, 2.45) is 0 Å². The van der Waals surface area contributed by atoms with Crippen molar-refractivity contribution in [1.82, 2.24) is 4.98 Å². The number of rotatable bonds is 4. The summed E-state index contributed by atoms with van der Waals surface area (Å²) in [6.07, 6.45) is 3.38. The highest BCUT2D eigenvalue weighted by Gasteiger charge is 2.08. The molecule has 98 valence electrons. The number of nitrogens with zero attached hydrogens (tertiary/aromatic N) is 1. The minimum absolute atomic E-state index is 0.0662. The average molecular weight is 323 g/mol. The summed E-state index contributed by atoms with van der Waals surface area (Å²) in [4.78, 5) is 14.8. The molecule has 0 amide bonds. The van der Waals surface area contributed by atoms with Crippen molar-refractivity contribution in [3.8, 4) is 5.75 Å². The van der Waals surface area contributed by atoms with Gasteiger partial charge in [-0.2, -0.15) is 0 Å². The van der Waals surface area contributed by atoms with E-state index in [4.69, 9.17) is 15.6 Å². The van der Waals surface area contributed by atoms with E-state index in [1.165, 1.54) is 12.1 Å². The predicted molar refractivity (Wildman–Crippen MR) is 74.1 cm³/mol. The van der Waals surface area contributed by atoms with Gasteiger partial charge in [0.2, 0.25) is 0 Å². The zero-order valence-corrected chi connectivity index (χ0v) is 11.4. The van der Waals surface area contributed by atoms with Crippen molar-refractivity contribution >= 4 is 27.6 Å². The molecule has 0 radical (unpaired) electrons. The Labute approximate surface area is 118 Å². The third-order valence-electron chi connectivity index (χ3n) is 2.42. The van der Waals surface area contributed by atoms with E-state index in [-0.39, 0.29) is 11.3 Å². The highest BCUT2D eigenvalue weighted by Crippen LogP contribution is 2.21. The second-order valence-corrected chi connectivity index (χ2v) is 4.77. The molecule has 0 saturated heterocycles. The zero-order chi connectivity index (χ0) is 13.8. The standard InChI is InChI=1S/C13H11BrN2O3/c14-9-3-8(5-16-6-9)7-19-10-1-2-11(13(17)18)12(15)4-10/h1-6H,7,15H2,(H,17,18). The Balaban J connectivity index is 2.08. The van der Waals surface area contributed by atoms with E-state index >= 15 is 0 Å². The first-order chi connectivity index (χ1) is 9.06. The van der Waals surface area contributed by atoms with Crippen LogP contribution in [0.25, 0.3) is 0 Å². The van der Waals surface area contributed by atoms with Crippen LogP contribution in [-0.2, 0) is 6.61 Å². The maximum absolute atomic E-state index is 10.8. The molecule has 0 bridgehead atoms.